The summed E-state index contributed by atoms with van der Waals surface area (Å²) in [6, 6.07) is 12.7. The molecule has 1 fully saturated rings. The van der Waals surface area contributed by atoms with E-state index < -0.39 is 6.09 Å². The Kier molecular flexibility index (Phi) is 7.56. The summed E-state index contributed by atoms with van der Waals surface area (Å²) in [6.07, 6.45) is 2.31. The van der Waals surface area contributed by atoms with Gasteiger partial charge in [-0.15, -0.1) is 0 Å². The molecule has 0 unspecified atom stereocenters. The molecule has 2 aromatic carbocycles. The summed E-state index contributed by atoms with van der Waals surface area (Å²) in [5.74, 6) is 0. The van der Waals surface area contributed by atoms with Gasteiger partial charge in [-0.1, -0.05) is 47.5 Å². The normalized spacial score (nSPS) is 13.8. The van der Waals surface area contributed by atoms with E-state index in [1.807, 2.05) is 24.3 Å². The number of anilines is 1. The van der Waals surface area contributed by atoms with E-state index in [9.17, 15) is 4.79 Å². The van der Waals surface area contributed by atoms with E-state index in [1.54, 1.807) is 18.2 Å². The van der Waals surface area contributed by atoms with Crippen LogP contribution < -0.4 is 5.32 Å². The van der Waals surface area contributed by atoms with E-state index in [-0.39, 0.29) is 0 Å². The monoisotopic (exact) mass is 380 g/mol. The number of nitrogens with zero attached hydrogens (tertiary/aromatic N) is 1. The third-order valence-corrected chi connectivity index (χ3v) is 4.65. The van der Waals surface area contributed by atoms with E-state index in [0.717, 1.165) is 11.1 Å². The smallest absolute Gasteiger partial charge is 0.411 e. The molecule has 1 saturated heterocycles. The lowest BCUT2D eigenvalue weighted by Gasteiger charge is -2.11. The van der Waals surface area contributed by atoms with E-state index in [2.05, 4.69) is 22.0 Å². The summed E-state index contributed by atoms with van der Waals surface area (Å²) in [6.45, 7) is 2.64. The van der Waals surface area contributed by atoms with Gasteiger partial charge in [-0.3, -0.25) is 5.32 Å². The predicted octanol–water partition coefficient (Wildman–Crippen LogP) is 5.55. The molecular weight excluding hydrogens is 359 g/mol. The number of hydrogen-bond donors (Lipinski definition) is 1. The number of carbonyl (C=O) groups excluding carboxylic acids is 1. The first-order chi connectivity index (χ1) is 12.0. The molecule has 25 heavy (non-hydrogen) atoms. The third-order valence-electron chi connectivity index (χ3n) is 3.91. The highest BCUT2D eigenvalue weighted by molar-refractivity contribution is 6.42. The predicted molar refractivity (Wildman–Crippen MR) is 105 cm³/mol. The second-order valence-corrected chi connectivity index (χ2v) is 6.62. The molecule has 4 nitrogen and oxygen atoms in total. The summed E-state index contributed by atoms with van der Waals surface area (Å²) in [7, 11) is 3.49. The Hall–Kier alpha value is -1.75. The lowest BCUT2D eigenvalue weighted by molar-refractivity contribution is 0.187. The highest BCUT2D eigenvalue weighted by atomic mass is 35.5. The average molecular weight is 381 g/mol. The molecule has 6 heteroatoms. The molecule has 134 valence electrons. The summed E-state index contributed by atoms with van der Waals surface area (Å²) in [5, 5.41) is 3.61. The van der Waals surface area contributed by atoms with Gasteiger partial charge in [0.1, 0.15) is 0 Å². The molecule has 0 aromatic heterocycles. The lowest BCUT2D eigenvalue weighted by Crippen LogP contribution is -2.11. The van der Waals surface area contributed by atoms with Crippen LogP contribution in [0.15, 0.2) is 42.5 Å². The van der Waals surface area contributed by atoms with Crippen molar-refractivity contribution < 1.29 is 9.53 Å². The van der Waals surface area contributed by atoms with Crippen LogP contribution in [0.3, 0.4) is 0 Å². The quantitative estimate of drug-likeness (QED) is 0.742. The van der Waals surface area contributed by atoms with Crippen molar-refractivity contribution in [1.82, 2.24) is 4.90 Å². The van der Waals surface area contributed by atoms with Crippen molar-refractivity contribution >= 4 is 35.0 Å². The molecule has 1 N–H and O–H groups in total. The van der Waals surface area contributed by atoms with E-state index in [1.165, 1.54) is 33.0 Å². The minimum absolute atomic E-state index is 0.465. The second kappa shape index (κ2) is 9.66. The van der Waals surface area contributed by atoms with Crippen LogP contribution in [-0.4, -0.2) is 38.2 Å². The Morgan fingerprint density at radius 1 is 1.08 bits per heavy atom. The Morgan fingerprint density at radius 2 is 1.76 bits per heavy atom. The number of nitrogens with one attached hydrogen (secondary N) is 1. The molecule has 1 aliphatic heterocycles. The van der Waals surface area contributed by atoms with Crippen LogP contribution in [0, 0.1) is 0 Å². The van der Waals surface area contributed by atoms with Crippen molar-refractivity contribution in [2.45, 2.75) is 12.8 Å². The molecule has 0 spiro atoms. The number of para-hydroxylation sites is 1. The average Bonchev–Trinajstić information content (AvgIpc) is 3.09. The maximum Gasteiger partial charge on any atom is 0.411 e. The number of ether oxygens (including phenoxy) is 1. The number of carbonyl (C=O) groups is 1. The Morgan fingerprint density at radius 3 is 2.32 bits per heavy atom. The van der Waals surface area contributed by atoms with Crippen LogP contribution in [0.4, 0.5) is 10.5 Å². The Balaban J connectivity index is 0.000000316. The summed E-state index contributed by atoms with van der Waals surface area (Å²) >= 11 is 11.9. The maximum absolute atomic E-state index is 11.3. The molecule has 3 rings (SSSR count). The molecule has 1 heterocycles. The van der Waals surface area contributed by atoms with Gasteiger partial charge in [-0.05, 0) is 56.7 Å². The largest absolute Gasteiger partial charge is 0.453 e. The second-order valence-electron chi connectivity index (χ2n) is 5.80. The number of halogens is 2. The number of rotatable bonds is 2. The Labute approximate surface area is 158 Å². The van der Waals surface area contributed by atoms with Gasteiger partial charge in [-0.25, -0.2) is 4.79 Å². The fourth-order valence-electron chi connectivity index (χ4n) is 2.54. The van der Waals surface area contributed by atoms with Gasteiger partial charge in [0, 0.05) is 5.56 Å². The molecule has 0 aliphatic carbocycles. The molecule has 2 aromatic rings. The summed E-state index contributed by atoms with van der Waals surface area (Å²) < 4.78 is 4.59. The zero-order valence-corrected chi connectivity index (χ0v) is 15.9. The fourth-order valence-corrected chi connectivity index (χ4v) is 2.84. The van der Waals surface area contributed by atoms with Gasteiger partial charge < -0.3 is 9.64 Å². The standard InChI is InChI=1S/C14H11Cl2NO2.C5H11N/c1-19-14(18)17-13-5-3-2-4-10(13)9-6-7-11(15)12(16)8-9;1-6-4-2-3-5-6/h2-8H,1H3,(H,17,18);2-5H2,1H3. The van der Waals surface area contributed by atoms with Crippen molar-refractivity contribution in [2.24, 2.45) is 0 Å². The zero-order chi connectivity index (χ0) is 18.2. The zero-order valence-electron chi connectivity index (χ0n) is 14.4. The van der Waals surface area contributed by atoms with Gasteiger partial charge in [0.2, 0.25) is 0 Å². The number of hydrogen-bond acceptors (Lipinski definition) is 3. The molecule has 1 aliphatic rings. The molecule has 0 bridgehead atoms. The SMILES string of the molecule is CN1CCCC1.COC(=O)Nc1ccccc1-c1ccc(Cl)c(Cl)c1. The Bertz CT molecular complexity index is 716. The number of methoxy groups -OCH3 is 1. The van der Waals surface area contributed by atoms with Crippen LogP contribution in [0.25, 0.3) is 11.1 Å². The van der Waals surface area contributed by atoms with Crippen LogP contribution in [0.5, 0.6) is 0 Å². The van der Waals surface area contributed by atoms with Crippen molar-refractivity contribution in [2.75, 3.05) is 32.6 Å². The third kappa shape index (κ3) is 5.92. The van der Waals surface area contributed by atoms with E-state index in [4.69, 9.17) is 23.2 Å². The first kappa shape index (κ1) is 19.6. The topological polar surface area (TPSA) is 41.6 Å². The van der Waals surface area contributed by atoms with Gasteiger partial charge in [0.05, 0.1) is 22.8 Å². The minimum Gasteiger partial charge on any atom is -0.453 e. The van der Waals surface area contributed by atoms with Gasteiger partial charge in [0.25, 0.3) is 0 Å². The number of benzene rings is 2. The number of likely N-dealkylation sites (tertiary alicyclic amines) is 1. The van der Waals surface area contributed by atoms with E-state index in [0.29, 0.717) is 15.7 Å². The van der Waals surface area contributed by atoms with Gasteiger partial charge >= 0.3 is 6.09 Å². The first-order valence-electron chi connectivity index (χ1n) is 8.09. The fraction of sp³-hybridized carbons (Fsp3) is 0.316. The van der Waals surface area contributed by atoms with Crippen molar-refractivity contribution in [3.63, 3.8) is 0 Å². The van der Waals surface area contributed by atoms with Crippen molar-refractivity contribution in [1.29, 1.82) is 0 Å². The summed E-state index contributed by atoms with van der Waals surface area (Å²) in [4.78, 5) is 13.7. The summed E-state index contributed by atoms with van der Waals surface area (Å²) in [5.41, 5.74) is 2.35. The molecular formula is C19H22Cl2N2O2. The number of amides is 1. The molecule has 1 amide bonds. The van der Waals surface area contributed by atoms with Crippen LogP contribution in [0.1, 0.15) is 12.8 Å². The highest BCUT2D eigenvalue weighted by Crippen LogP contribution is 2.32. The minimum atomic E-state index is -0.521. The lowest BCUT2D eigenvalue weighted by atomic mass is 10.0. The highest BCUT2D eigenvalue weighted by Gasteiger charge is 2.09. The van der Waals surface area contributed by atoms with Gasteiger partial charge in [0.15, 0.2) is 0 Å². The van der Waals surface area contributed by atoms with E-state index >= 15 is 0 Å². The van der Waals surface area contributed by atoms with Crippen LogP contribution in [-0.2, 0) is 4.74 Å². The maximum atomic E-state index is 11.3. The van der Waals surface area contributed by atoms with Crippen molar-refractivity contribution in [3.8, 4) is 11.1 Å². The molecule has 0 atom stereocenters. The van der Waals surface area contributed by atoms with Crippen molar-refractivity contribution in [3.05, 3.63) is 52.5 Å². The first-order valence-corrected chi connectivity index (χ1v) is 8.85. The van der Waals surface area contributed by atoms with Crippen LogP contribution in [0.2, 0.25) is 10.0 Å². The molecule has 0 saturated carbocycles. The van der Waals surface area contributed by atoms with Crippen LogP contribution >= 0.6 is 23.2 Å². The molecule has 0 radical (unpaired) electrons. The van der Waals surface area contributed by atoms with Gasteiger partial charge in [-0.2, -0.15) is 0 Å².